The Balaban J connectivity index is 0.000000165. The Bertz CT molecular complexity index is 3360. The van der Waals surface area contributed by atoms with Gasteiger partial charge in [0.15, 0.2) is 0 Å². The number of aromatic nitrogens is 7. The van der Waals surface area contributed by atoms with E-state index in [0.29, 0.717) is 56.4 Å². The Hall–Kier alpha value is -8.45. The molecule has 5 N–H and O–H groups in total. The van der Waals surface area contributed by atoms with Crippen molar-refractivity contribution < 1.29 is 18.4 Å². The molecule has 0 saturated carbocycles. The zero-order valence-corrected chi connectivity index (χ0v) is 38.3. The fraction of sp³-hybridized carbons (Fsp3) is 0.173. The molecule has 0 radical (unpaired) electrons. The zero-order valence-electron chi connectivity index (χ0n) is 37.5. The lowest BCUT2D eigenvalue weighted by atomic mass is 9.97. The molecule has 0 unspecified atom stereocenters. The number of nitrogens with zero attached hydrogens (tertiary/aromatic N) is 7. The van der Waals surface area contributed by atoms with Gasteiger partial charge in [0.2, 0.25) is 23.6 Å². The predicted octanol–water partition coefficient (Wildman–Crippen LogP) is 6.39. The molecule has 0 bridgehead atoms. The van der Waals surface area contributed by atoms with Crippen molar-refractivity contribution in [1.82, 2.24) is 40.7 Å². The number of carbonyl (C=O) groups is 2. The number of hydrogen-bond acceptors (Lipinski definition) is 14. The molecule has 0 aliphatic carbocycles. The van der Waals surface area contributed by atoms with E-state index in [0.717, 1.165) is 61.6 Å². The largest absolute Gasteiger partial charge is 0.434 e. The molecule has 18 heteroatoms. The first-order valence-corrected chi connectivity index (χ1v) is 23.5. The molecule has 2 aliphatic rings. The normalized spacial score (nSPS) is 13.6. The lowest BCUT2D eigenvalue weighted by Crippen LogP contribution is -2.47. The van der Waals surface area contributed by atoms with Crippen LogP contribution in [0.1, 0.15) is 27.9 Å². The monoisotopic (exact) mass is 951 g/mol. The first-order chi connectivity index (χ1) is 34.3. The number of nitrogens with two attached hydrogens (primary N) is 1. The molecule has 0 spiro atoms. The fourth-order valence-corrected chi connectivity index (χ4v) is 9.51. The van der Waals surface area contributed by atoms with Crippen molar-refractivity contribution in [2.75, 3.05) is 22.9 Å². The summed E-state index contributed by atoms with van der Waals surface area (Å²) in [4.78, 5) is 66.9. The van der Waals surface area contributed by atoms with Crippen LogP contribution < -0.4 is 32.4 Å². The summed E-state index contributed by atoms with van der Waals surface area (Å²) >= 11 is 1.53. The van der Waals surface area contributed by atoms with Gasteiger partial charge in [-0.15, -0.1) is 21.5 Å². The van der Waals surface area contributed by atoms with Gasteiger partial charge in [0, 0.05) is 72.3 Å². The lowest BCUT2D eigenvalue weighted by molar-refractivity contribution is -0.121. The second kappa shape index (κ2) is 20.4. The van der Waals surface area contributed by atoms with Gasteiger partial charge < -0.3 is 24.4 Å². The van der Waals surface area contributed by atoms with Crippen molar-refractivity contribution in [3.63, 3.8) is 0 Å². The molecule has 4 aromatic carbocycles. The van der Waals surface area contributed by atoms with Gasteiger partial charge in [0.25, 0.3) is 0 Å². The number of carbonyl (C=O) groups excluding carboxylic acids is 2. The Morgan fingerprint density at radius 1 is 0.657 bits per heavy atom. The highest BCUT2D eigenvalue weighted by atomic mass is 32.1. The van der Waals surface area contributed by atoms with Crippen molar-refractivity contribution in [3.8, 4) is 45.2 Å². The van der Waals surface area contributed by atoms with Crippen LogP contribution in [0.5, 0.6) is 0 Å². The van der Waals surface area contributed by atoms with E-state index >= 15 is 0 Å². The van der Waals surface area contributed by atoms with E-state index in [9.17, 15) is 19.2 Å². The number of amides is 2. The van der Waals surface area contributed by atoms with Gasteiger partial charge in [-0.3, -0.25) is 24.9 Å². The number of H-pyrrole nitrogens is 2. The molecule has 350 valence electrons. The Morgan fingerprint density at radius 3 is 1.63 bits per heavy atom. The first-order valence-electron chi connectivity index (χ1n) is 22.6. The number of fused-ring (bicyclic) bond motifs is 2. The van der Waals surface area contributed by atoms with Crippen LogP contribution in [0.2, 0.25) is 0 Å². The minimum Gasteiger partial charge on any atom is -0.388 e. The second-order valence-corrected chi connectivity index (χ2v) is 17.4. The molecule has 5 aromatic heterocycles. The highest BCUT2D eigenvalue weighted by Gasteiger charge is 2.34. The van der Waals surface area contributed by atoms with Crippen molar-refractivity contribution in [3.05, 3.63) is 194 Å². The summed E-state index contributed by atoms with van der Waals surface area (Å²) in [5.41, 5.74) is 19.4. The molecule has 2 amide bonds. The van der Waals surface area contributed by atoms with E-state index in [2.05, 4.69) is 40.7 Å². The number of rotatable bonds is 13. The standard InChI is InChI=1S/C28H24N6O3S.C24H21N5O3/c35-27(24(12-18-4-2-1-3-5-18)30-15-21-16-38-17-31-21)34-11-8-22-23(26-32-33-28(36)37-26)13-20(14-25(22)34)19-6-9-29-10-7-19;25-20(12-15-4-2-1-3-5-15)23(30)29-11-8-18-19(22-27-28-24(31)32-22)13-17(14-21(18)29)16-6-9-26-10-7-16/h1-7,9-10,13-14,16-17,24,30H,8,11-12,15H2,(H,33,36);1-7,9-10,13-14,20H,8,11-12,25H2,(H,28,31)/t24-;20-/m00/s1. The van der Waals surface area contributed by atoms with Crippen LogP contribution in [0.25, 0.3) is 45.2 Å². The van der Waals surface area contributed by atoms with E-state index in [1.807, 2.05) is 119 Å². The predicted molar refractivity (Wildman–Crippen MR) is 265 cm³/mol. The highest BCUT2D eigenvalue weighted by molar-refractivity contribution is 7.07. The smallest absolute Gasteiger partial charge is 0.388 e. The van der Waals surface area contributed by atoms with Gasteiger partial charge >= 0.3 is 11.5 Å². The van der Waals surface area contributed by atoms with Crippen LogP contribution in [0.3, 0.4) is 0 Å². The third-order valence-electron chi connectivity index (χ3n) is 12.3. The maximum Gasteiger partial charge on any atom is 0.434 e. The van der Waals surface area contributed by atoms with E-state index in [1.54, 1.807) is 35.2 Å². The number of aromatic amines is 2. The molecule has 0 saturated heterocycles. The quantitative estimate of drug-likeness (QED) is 0.0982. The summed E-state index contributed by atoms with van der Waals surface area (Å²) in [6.07, 6.45) is 9.08. The molecule has 17 nitrogen and oxygen atoms in total. The number of nitrogens with one attached hydrogen (secondary N) is 3. The maximum absolute atomic E-state index is 14.1. The summed E-state index contributed by atoms with van der Waals surface area (Å²) in [7, 11) is 0. The minimum atomic E-state index is -0.667. The molecule has 9 aromatic rings. The fourth-order valence-electron chi connectivity index (χ4n) is 8.95. The van der Waals surface area contributed by atoms with E-state index < -0.39 is 23.6 Å². The summed E-state index contributed by atoms with van der Waals surface area (Å²) in [6.45, 7) is 1.51. The number of thiazole rings is 1. The molecule has 11 rings (SSSR count). The van der Waals surface area contributed by atoms with Gasteiger partial charge in [-0.1, -0.05) is 60.7 Å². The topological polar surface area (TPSA) is 235 Å². The van der Waals surface area contributed by atoms with Crippen molar-refractivity contribution in [2.45, 2.75) is 44.3 Å². The third-order valence-corrected chi connectivity index (χ3v) is 12.9. The van der Waals surface area contributed by atoms with Crippen LogP contribution >= 0.6 is 11.3 Å². The average Bonchev–Trinajstić information content (AvgIpc) is 4.28. The average molecular weight is 952 g/mol. The first kappa shape index (κ1) is 45.3. The van der Waals surface area contributed by atoms with E-state index in [1.165, 1.54) is 11.3 Å². The number of pyridine rings is 2. The molecule has 0 fully saturated rings. The maximum atomic E-state index is 14.1. The molecular formula is C52H45N11O6S. The van der Waals surface area contributed by atoms with Gasteiger partial charge in [0.05, 0.1) is 23.3 Å². The van der Waals surface area contributed by atoms with E-state index in [-0.39, 0.29) is 23.6 Å². The molecule has 2 atom stereocenters. The number of benzene rings is 4. The van der Waals surface area contributed by atoms with Crippen molar-refractivity contribution in [2.24, 2.45) is 5.73 Å². The Morgan fingerprint density at radius 2 is 1.16 bits per heavy atom. The Kier molecular flexibility index (Phi) is 13.2. The number of hydrogen-bond donors (Lipinski definition) is 4. The van der Waals surface area contributed by atoms with Crippen LogP contribution in [-0.2, 0) is 41.8 Å². The second-order valence-electron chi connectivity index (χ2n) is 16.7. The van der Waals surface area contributed by atoms with Gasteiger partial charge in [-0.2, -0.15) is 0 Å². The summed E-state index contributed by atoms with van der Waals surface area (Å²) < 4.78 is 10.6. The Labute approximate surface area is 404 Å². The van der Waals surface area contributed by atoms with Gasteiger partial charge in [-0.05, 0) is 119 Å². The van der Waals surface area contributed by atoms with E-state index in [4.69, 9.17) is 14.6 Å². The molecule has 2 aliphatic heterocycles. The molecular weight excluding hydrogens is 907 g/mol. The molecule has 7 heterocycles. The minimum absolute atomic E-state index is 0.0239. The number of anilines is 2. The van der Waals surface area contributed by atoms with Crippen LogP contribution in [0.15, 0.2) is 163 Å². The van der Waals surface area contributed by atoms with Crippen LogP contribution in [0, 0.1) is 0 Å². The van der Waals surface area contributed by atoms with Crippen LogP contribution in [0.4, 0.5) is 11.4 Å². The molecule has 70 heavy (non-hydrogen) atoms. The van der Waals surface area contributed by atoms with Crippen LogP contribution in [-0.4, -0.2) is 72.3 Å². The summed E-state index contributed by atoms with van der Waals surface area (Å²) in [6, 6.07) is 34.0. The lowest BCUT2D eigenvalue weighted by Gasteiger charge is -2.25. The highest BCUT2D eigenvalue weighted by Crippen LogP contribution is 2.41. The van der Waals surface area contributed by atoms with Gasteiger partial charge in [0.1, 0.15) is 0 Å². The third kappa shape index (κ3) is 9.91. The summed E-state index contributed by atoms with van der Waals surface area (Å²) in [5.74, 6) is -1.01. The zero-order chi connectivity index (χ0) is 48.0. The van der Waals surface area contributed by atoms with Crippen molar-refractivity contribution >= 4 is 34.5 Å². The SMILES string of the molecule is N[C@@H](Cc1ccccc1)C(=O)N1CCc2c(-c3n[nH]c(=O)o3)cc(-c3ccncc3)cc21.O=C([C@H](Cc1ccccc1)NCc1cscn1)N1CCc2c(-c3n[nH]c(=O)o3)cc(-c3ccncc3)cc21. The summed E-state index contributed by atoms with van der Waals surface area (Å²) in [5, 5.41) is 18.2. The van der Waals surface area contributed by atoms with Gasteiger partial charge in [-0.25, -0.2) is 24.8 Å². The van der Waals surface area contributed by atoms with Crippen molar-refractivity contribution in [1.29, 1.82) is 0 Å².